The van der Waals surface area contributed by atoms with Gasteiger partial charge in [-0.25, -0.2) is 0 Å². The SMILES string of the molecule is Cn1ccc(CC(=O)c2cc(Cl)sc2Cl)n1. The van der Waals surface area contributed by atoms with Crippen molar-refractivity contribution < 1.29 is 4.79 Å². The monoisotopic (exact) mass is 274 g/mol. The van der Waals surface area contributed by atoms with Gasteiger partial charge in [0.05, 0.1) is 16.5 Å². The lowest BCUT2D eigenvalue weighted by atomic mass is 10.1. The number of nitrogens with zero attached hydrogens (tertiary/aromatic N) is 2. The van der Waals surface area contributed by atoms with Gasteiger partial charge in [-0.3, -0.25) is 9.48 Å². The molecule has 0 aliphatic carbocycles. The largest absolute Gasteiger partial charge is 0.294 e. The van der Waals surface area contributed by atoms with Crippen molar-refractivity contribution in [3.8, 4) is 0 Å². The van der Waals surface area contributed by atoms with E-state index in [-0.39, 0.29) is 12.2 Å². The number of rotatable bonds is 3. The van der Waals surface area contributed by atoms with E-state index in [2.05, 4.69) is 5.10 Å². The number of Topliss-reactive ketones (excluding diaryl/α,β-unsaturated/α-hetero) is 1. The lowest BCUT2D eigenvalue weighted by Gasteiger charge is -1.95. The molecule has 0 fully saturated rings. The maximum absolute atomic E-state index is 11.9. The fourth-order valence-electron chi connectivity index (χ4n) is 1.35. The zero-order chi connectivity index (χ0) is 11.7. The molecule has 2 aromatic rings. The topological polar surface area (TPSA) is 34.9 Å². The van der Waals surface area contributed by atoms with E-state index in [0.717, 1.165) is 5.69 Å². The Balaban J connectivity index is 2.17. The molecule has 2 rings (SSSR count). The molecule has 0 spiro atoms. The van der Waals surface area contributed by atoms with Gasteiger partial charge in [-0.1, -0.05) is 23.2 Å². The minimum absolute atomic E-state index is 0.0631. The highest BCUT2D eigenvalue weighted by Crippen LogP contribution is 2.31. The van der Waals surface area contributed by atoms with E-state index in [1.165, 1.54) is 11.3 Å². The Kier molecular flexibility index (Phi) is 3.33. The molecule has 2 aromatic heterocycles. The smallest absolute Gasteiger partial charge is 0.171 e. The molecule has 0 aliphatic rings. The van der Waals surface area contributed by atoms with Crippen molar-refractivity contribution in [2.24, 2.45) is 7.05 Å². The summed E-state index contributed by atoms with van der Waals surface area (Å²) in [6.07, 6.45) is 2.04. The first-order valence-electron chi connectivity index (χ1n) is 4.53. The molecular formula is C10H8Cl2N2OS. The minimum Gasteiger partial charge on any atom is -0.294 e. The Morgan fingerprint density at radius 1 is 1.56 bits per heavy atom. The minimum atomic E-state index is -0.0631. The quantitative estimate of drug-likeness (QED) is 0.806. The lowest BCUT2D eigenvalue weighted by molar-refractivity contribution is 0.0992. The van der Waals surface area contributed by atoms with Gasteiger partial charge in [-0.15, -0.1) is 11.3 Å². The van der Waals surface area contributed by atoms with E-state index < -0.39 is 0 Å². The maximum atomic E-state index is 11.9. The highest BCUT2D eigenvalue weighted by Gasteiger charge is 2.15. The Morgan fingerprint density at radius 2 is 2.31 bits per heavy atom. The third-order valence-electron chi connectivity index (χ3n) is 2.07. The Morgan fingerprint density at radius 3 is 2.81 bits per heavy atom. The van der Waals surface area contributed by atoms with Gasteiger partial charge in [0.1, 0.15) is 4.34 Å². The summed E-state index contributed by atoms with van der Waals surface area (Å²) in [4.78, 5) is 11.9. The van der Waals surface area contributed by atoms with Gasteiger partial charge in [-0.2, -0.15) is 5.10 Å². The van der Waals surface area contributed by atoms with E-state index in [1.54, 1.807) is 23.0 Å². The molecule has 0 aliphatic heterocycles. The van der Waals surface area contributed by atoms with Crippen LogP contribution in [0.15, 0.2) is 18.3 Å². The molecule has 6 heteroatoms. The predicted octanol–water partition coefficient (Wildman–Crippen LogP) is 3.21. The van der Waals surface area contributed by atoms with Gasteiger partial charge >= 0.3 is 0 Å². The molecule has 0 saturated heterocycles. The summed E-state index contributed by atoms with van der Waals surface area (Å²) in [6, 6.07) is 3.40. The van der Waals surface area contributed by atoms with Crippen LogP contribution in [0.1, 0.15) is 16.1 Å². The molecule has 84 valence electrons. The molecule has 3 nitrogen and oxygen atoms in total. The van der Waals surface area contributed by atoms with Crippen LogP contribution in [0.4, 0.5) is 0 Å². The van der Waals surface area contributed by atoms with E-state index in [0.29, 0.717) is 14.2 Å². The first-order chi connectivity index (χ1) is 7.56. The fourth-order valence-corrected chi connectivity index (χ4v) is 2.85. The third kappa shape index (κ3) is 2.45. The van der Waals surface area contributed by atoms with Crippen LogP contribution in [0.25, 0.3) is 0 Å². The van der Waals surface area contributed by atoms with E-state index in [4.69, 9.17) is 23.2 Å². The zero-order valence-electron chi connectivity index (χ0n) is 8.41. The molecule has 2 heterocycles. The summed E-state index contributed by atoms with van der Waals surface area (Å²) < 4.78 is 2.62. The van der Waals surface area contributed by atoms with Crippen LogP contribution < -0.4 is 0 Å². The second-order valence-corrected chi connectivity index (χ2v) is 5.60. The first kappa shape index (κ1) is 11.6. The average Bonchev–Trinajstić information content (AvgIpc) is 2.73. The summed E-state index contributed by atoms with van der Waals surface area (Å²) in [7, 11) is 1.81. The van der Waals surface area contributed by atoms with Crippen LogP contribution >= 0.6 is 34.5 Å². The van der Waals surface area contributed by atoms with Crippen molar-refractivity contribution in [2.45, 2.75) is 6.42 Å². The highest BCUT2D eigenvalue weighted by molar-refractivity contribution is 7.20. The number of carbonyl (C=O) groups is 1. The number of halogens is 2. The maximum Gasteiger partial charge on any atom is 0.171 e. The number of aromatic nitrogens is 2. The van der Waals surface area contributed by atoms with Gasteiger partial charge in [0.15, 0.2) is 5.78 Å². The highest BCUT2D eigenvalue weighted by atomic mass is 35.5. The first-order valence-corrected chi connectivity index (χ1v) is 6.10. The molecule has 0 N–H and O–H groups in total. The Hall–Kier alpha value is -0.840. The van der Waals surface area contributed by atoms with Crippen molar-refractivity contribution in [3.05, 3.63) is 38.3 Å². The number of hydrogen-bond donors (Lipinski definition) is 0. The molecule has 0 atom stereocenters. The molecular weight excluding hydrogens is 267 g/mol. The van der Waals surface area contributed by atoms with E-state index >= 15 is 0 Å². The van der Waals surface area contributed by atoms with Gasteiger partial charge in [0.25, 0.3) is 0 Å². The zero-order valence-corrected chi connectivity index (χ0v) is 10.7. The number of aryl methyl sites for hydroxylation is 1. The summed E-state index contributed by atoms with van der Waals surface area (Å²) >= 11 is 12.9. The number of thiophene rings is 1. The molecule has 0 amide bonds. The molecule has 0 saturated carbocycles. The van der Waals surface area contributed by atoms with Crippen molar-refractivity contribution >= 4 is 40.3 Å². The second-order valence-electron chi connectivity index (χ2n) is 3.32. The van der Waals surface area contributed by atoms with Crippen LogP contribution in [-0.4, -0.2) is 15.6 Å². The molecule has 0 bridgehead atoms. The predicted molar refractivity (Wildman–Crippen MR) is 65.6 cm³/mol. The molecule has 0 aromatic carbocycles. The summed E-state index contributed by atoms with van der Waals surface area (Å²) in [5, 5.41) is 4.14. The standard InChI is InChI=1S/C10H8Cl2N2OS/c1-14-3-2-6(13-14)4-8(15)7-5-9(11)16-10(7)12/h2-3,5H,4H2,1H3. The van der Waals surface area contributed by atoms with Crippen molar-refractivity contribution in [3.63, 3.8) is 0 Å². The molecule has 16 heavy (non-hydrogen) atoms. The normalized spacial score (nSPS) is 10.7. The number of carbonyl (C=O) groups excluding carboxylic acids is 1. The summed E-state index contributed by atoms with van der Waals surface area (Å²) in [6.45, 7) is 0. The third-order valence-corrected chi connectivity index (χ3v) is 3.56. The molecule has 0 unspecified atom stereocenters. The second kappa shape index (κ2) is 4.57. The average molecular weight is 275 g/mol. The van der Waals surface area contributed by atoms with E-state index in [1.807, 2.05) is 7.05 Å². The van der Waals surface area contributed by atoms with Gasteiger partial charge in [-0.05, 0) is 12.1 Å². The van der Waals surface area contributed by atoms with Crippen molar-refractivity contribution in [1.29, 1.82) is 0 Å². The van der Waals surface area contributed by atoms with Gasteiger partial charge < -0.3 is 0 Å². The Labute approximate surface area is 107 Å². The van der Waals surface area contributed by atoms with E-state index in [9.17, 15) is 4.79 Å². The van der Waals surface area contributed by atoms with Crippen LogP contribution in [0.5, 0.6) is 0 Å². The van der Waals surface area contributed by atoms with Crippen LogP contribution in [0.3, 0.4) is 0 Å². The summed E-state index contributed by atoms with van der Waals surface area (Å²) in [5.74, 6) is -0.0631. The van der Waals surface area contributed by atoms with Crippen LogP contribution in [0, 0.1) is 0 Å². The number of hydrogen-bond acceptors (Lipinski definition) is 3. The number of ketones is 1. The van der Waals surface area contributed by atoms with Crippen LogP contribution in [-0.2, 0) is 13.5 Å². The lowest BCUT2D eigenvalue weighted by Crippen LogP contribution is -2.03. The van der Waals surface area contributed by atoms with Gasteiger partial charge in [0.2, 0.25) is 0 Å². The van der Waals surface area contributed by atoms with Crippen LogP contribution in [0.2, 0.25) is 8.67 Å². The van der Waals surface area contributed by atoms with Crippen molar-refractivity contribution in [2.75, 3.05) is 0 Å². The summed E-state index contributed by atoms with van der Waals surface area (Å²) in [5.41, 5.74) is 1.20. The van der Waals surface area contributed by atoms with Crippen molar-refractivity contribution in [1.82, 2.24) is 9.78 Å². The Bertz CT molecular complexity index is 533. The molecule has 0 radical (unpaired) electrons. The fraction of sp³-hybridized carbons (Fsp3) is 0.200. The van der Waals surface area contributed by atoms with Gasteiger partial charge in [0, 0.05) is 18.8 Å².